The van der Waals surface area contributed by atoms with E-state index in [9.17, 15) is 4.79 Å². The molecule has 0 heterocycles. The lowest BCUT2D eigenvalue weighted by atomic mass is 10.1. The smallest absolute Gasteiger partial charge is 0.157 e. The summed E-state index contributed by atoms with van der Waals surface area (Å²) in [4.78, 5) is 10.9. The average Bonchev–Trinajstić information content (AvgIpc) is 2.49. The minimum Gasteiger partial charge on any atom is -0.396 e. The van der Waals surface area contributed by atoms with Crippen molar-refractivity contribution >= 4 is 5.78 Å². The first-order valence-electron chi connectivity index (χ1n) is 4.80. The molecule has 1 aliphatic rings. The molecule has 0 aromatic rings. The third kappa shape index (κ3) is 3.59. The summed E-state index contributed by atoms with van der Waals surface area (Å²) in [6, 6.07) is 0. The molecule has 2 N–H and O–H groups in total. The number of allylic oxidation sites excluding steroid dienone is 2. The minimum atomic E-state index is 0.220. The van der Waals surface area contributed by atoms with Gasteiger partial charge in [-0.1, -0.05) is 6.92 Å². The highest BCUT2D eigenvalue weighted by Crippen LogP contribution is 2.12. The highest BCUT2D eigenvalue weighted by atomic mass is 16.3. The van der Waals surface area contributed by atoms with E-state index in [1.165, 1.54) is 0 Å². The summed E-state index contributed by atoms with van der Waals surface area (Å²) in [6.45, 7) is 3.17. The van der Waals surface area contributed by atoms with Crippen molar-refractivity contribution in [2.24, 2.45) is 5.92 Å². The molecule has 0 spiro atoms. The predicted molar refractivity (Wildman–Crippen MR) is 51.2 cm³/mol. The zero-order chi connectivity index (χ0) is 9.68. The van der Waals surface area contributed by atoms with Crippen molar-refractivity contribution < 1.29 is 9.90 Å². The molecule has 1 rings (SSSR count). The van der Waals surface area contributed by atoms with Crippen LogP contribution >= 0.6 is 0 Å². The Morgan fingerprint density at radius 1 is 1.62 bits per heavy atom. The molecule has 0 aromatic carbocycles. The van der Waals surface area contributed by atoms with Gasteiger partial charge in [0.2, 0.25) is 0 Å². The maximum atomic E-state index is 10.9. The summed E-state index contributed by atoms with van der Waals surface area (Å²) in [5.41, 5.74) is 1.05. The first-order valence-corrected chi connectivity index (χ1v) is 4.80. The van der Waals surface area contributed by atoms with E-state index >= 15 is 0 Å². The zero-order valence-corrected chi connectivity index (χ0v) is 8.05. The lowest BCUT2D eigenvalue weighted by Crippen LogP contribution is -2.20. The Balaban J connectivity index is 2.19. The molecule has 3 nitrogen and oxygen atoms in total. The second-order valence-electron chi connectivity index (χ2n) is 3.63. The fourth-order valence-corrected chi connectivity index (χ4v) is 1.36. The summed E-state index contributed by atoms with van der Waals surface area (Å²) in [7, 11) is 0. The molecule has 0 bridgehead atoms. The van der Waals surface area contributed by atoms with Crippen molar-refractivity contribution in [2.75, 3.05) is 13.2 Å². The monoisotopic (exact) mass is 183 g/mol. The highest BCUT2D eigenvalue weighted by Gasteiger charge is 2.11. The predicted octanol–water partition coefficient (Wildman–Crippen LogP) is 0.841. The second kappa shape index (κ2) is 5.02. The normalized spacial score (nSPS) is 18.6. The second-order valence-corrected chi connectivity index (χ2v) is 3.63. The van der Waals surface area contributed by atoms with Crippen molar-refractivity contribution in [3.05, 3.63) is 11.8 Å². The van der Waals surface area contributed by atoms with Crippen molar-refractivity contribution in [3.8, 4) is 0 Å². The summed E-state index contributed by atoms with van der Waals surface area (Å²) in [6.07, 6.45) is 4.00. The van der Waals surface area contributed by atoms with Crippen LogP contribution in [0.3, 0.4) is 0 Å². The number of hydrogen-bond acceptors (Lipinski definition) is 3. The Kier molecular flexibility index (Phi) is 3.96. The number of ketones is 1. The van der Waals surface area contributed by atoms with E-state index in [0.717, 1.165) is 25.1 Å². The van der Waals surface area contributed by atoms with E-state index in [1.807, 2.05) is 0 Å². The molecule has 0 saturated carbocycles. The number of carbonyl (C=O) groups excluding carboxylic acids is 1. The molecule has 1 aliphatic carbocycles. The van der Waals surface area contributed by atoms with Gasteiger partial charge in [0.1, 0.15) is 0 Å². The van der Waals surface area contributed by atoms with Crippen molar-refractivity contribution in [1.82, 2.24) is 5.32 Å². The van der Waals surface area contributed by atoms with Gasteiger partial charge in [0.25, 0.3) is 0 Å². The van der Waals surface area contributed by atoms with Gasteiger partial charge in [-0.3, -0.25) is 4.79 Å². The SMILES string of the molecule is CC(CCO)CNC1=CC(=O)CC1. The molecule has 13 heavy (non-hydrogen) atoms. The number of aliphatic hydroxyl groups is 1. The van der Waals surface area contributed by atoms with Gasteiger partial charge < -0.3 is 10.4 Å². The van der Waals surface area contributed by atoms with E-state index in [4.69, 9.17) is 5.11 Å². The van der Waals surface area contributed by atoms with Crippen molar-refractivity contribution in [3.63, 3.8) is 0 Å². The first-order chi connectivity index (χ1) is 6.22. The molecule has 0 saturated heterocycles. The van der Waals surface area contributed by atoms with E-state index < -0.39 is 0 Å². The molecule has 1 atom stereocenters. The Hall–Kier alpha value is -0.830. The molecule has 0 radical (unpaired) electrons. The lowest BCUT2D eigenvalue weighted by Gasteiger charge is -2.12. The molecule has 0 amide bonds. The van der Waals surface area contributed by atoms with Crippen LogP contribution < -0.4 is 5.32 Å². The van der Waals surface area contributed by atoms with Crippen LogP contribution in [-0.4, -0.2) is 24.0 Å². The van der Waals surface area contributed by atoms with Gasteiger partial charge >= 0.3 is 0 Å². The molecule has 0 fully saturated rings. The Morgan fingerprint density at radius 2 is 2.38 bits per heavy atom. The zero-order valence-electron chi connectivity index (χ0n) is 8.05. The largest absolute Gasteiger partial charge is 0.396 e. The standard InChI is InChI=1S/C10H17NO2/c1-8(4-5-12)7-11-9-2-3-10(13)6-9/h6,8,11-12H,2-5,7H2,1H3. The highest BCUT2D eigenvalue weighted by molar-refractivity contribution is 5.92. The van der Waals surface area contributed by atoms with Gasteiger partial charge in [-0.15, -0.1) is 0 Å². The lowest BCUT2D eigenvalue weighted by molar-refractivity contribution is -0.114. The molecule has 0 aromatic heterocycles. The van der Waals surface area contributed by atoms with Gasteiger partial charge in [-0.25, -0.2) is 0 Å². The number of nitrogens with one attached hydrogen (secondary N) is 1. The van der Waals surface area contributed by atoms with Crippen LogP contribution in [0.2, 0.25) is 0 Å². The fourth-order valence-electron chi connectivity index (χ4n) is 1.36. The molecular weight excluding hydrogens is 166 g/mol. The van der Waals surface area contributed by atoms with Gasteiger partial charge in [-0.05, 0) is 18.8 Å². The fraction of sp³-hybridized carbons (Fsp3) is 0.700. The number of hydrogen-bond donors (Lipinski definition) is 2. The quantitative estimate of drug-likeness (QED) is 0.664. The summed E-state index contributed by atoms with van der Waals surface area (Å²) < 4.78 is 0. The van der Waals surface area contributed by atoms with Crippen LogP contribution in [-0.2, 0) is 4.79 Å². The number of aliphatic hydroxyl groups excluding tert-OH is 1. The van der Waals surface area contributed by atoms with Crippen LogP contribution in [0, 0.1) is 5.92 Å². The van der Waals surface area contributed by atoms with E-state index in [-0.39, 0.29) is 12.4 Å². The summed E-state index contributed by atoms with van der Waals surface area (Å²) in [5.74, 6) is 0.680. The van der Waals surface area contributed by atoms with E-state index in [2.05, 4.69) is 12.2 Å². The van der Waals surface area contributed by atoms with Gasteiger partial charge in [0.05, 0.1) is 0 Å². The van der Waals surface area contributed by atoms with Crippen LogP contribution in [0.15, 0.2) is 11.8 Å². The van der Waals surface area contributed by atoms with Crippen molar-refractivity contribution in [2.45, 2.75) is 26.2 Å². The third-order valence-corrected chi connectivity index (χ3v) is 2.28. The van der Waals surface area contributed by atoms with Gasteiger partial charge in [-0.2, -0.15) is 0 Å². The van der Waals surface area contributed by atoms with Gasteiger partial charge in [0, 0.05) is 31.3 Å². The molecular formula is C10H17NO2. The molecule has 3 heteroatoms. The van der Waals surface area contributed by atoms with Crippen LogP contribution in [0.4, 0.5) is 0 Å². The van der Waals surface area contributed by atoms with Gasteiger partial charge in [0.15, 0.2) is 5.78 Å². The number of carbonyl (C=O) groups is 1. The van der Waals surface area contributed by atoms with E-state index in [0.29, 0.717) is 12.3 Å². The Labute approximate surface area is 78.8 Å². The maximum absolute atomic E-state index is 10.9. The first kappa shape index (κ1) is 10.3. The van der Waals surface area contributed by atoms with Crippen molar-refractivity contribution in [1.29, 1.82) is 0 Å². The Morgan fingerprint density at radius 3 is 2.92 bits per heavy atom. The van der Waals surface area contributed by atoms with Crippen LogP contribution in [0.25, 0.3) is 0 Å². The summed E-state index contributed by atoms with van der Waals surface area (Å²) >= 11 is 0. The van der Waals surface area contributed by atoms with Crippen LogP contribution in [0.5, 0.6) is 0 Å². The molecule has 0 aliphatic heterocycles. The Bertz CT molecular complexity index is 211. The average molecular weight is 183 g/mol. The molecule has 1 unspecified atom stereocenters. The topological polar surface area (TPSA) is 49.3 Å². The van der Waals surface area contributed by atoms with Crippen LogP contribution in [0.1, 0.15) is 26.2 Å². The summed E-state index contributed by atoms with van der Waals surface area (Å²) in [5, 5.41) is 11.9. The minimum absolute atomic E-state index is 0.220. The van der Waals surface area contributed by atoms with E-state index in [1.54, 1.807) is 6.08 Å². The number of rotatable bonds is 5. The molecule has 74 valence electrons. The maximum Gasteiger partial charge on any atom is 0.157 e. The third-order valence-electron chi connectivity index (χ3n) is 2.28.